The van der Waals surface area contributed by atoms with Gasteiger partial charge in [0.2, 0.25) is 0 Å². The molecule has 2 aromatic carbocycles. The van der Waals surface area contributed by atoms with Gasteiger partial charge in [-0.15, -0.1) is 0 Å². The quantitative estimate of drug-likeness (QED) is 0.527. The van der Waals surface area contributed by atoms with Gasteiger partial charge in [0.25, 0.3) is 0 Å². The minimum Gasteiger partial charge on any atom is -0.508 e. The van der Waals surface area contributed by atoms with E-state index in [9.17, 15) is 10.2 Å². The number of benzene rings is 2. The van der Waals surface area contributed by atoms with Crippen molar-refractivity contribution in [2.45, 2.75) is 64.2 Å². The van der Waals surface area contributed by atoms with E-state index in [1.165, 1.54) is 49.7 Å². The second kappa shape index (κ2) is 9.36. The number of hydrogen-bond acceptors (Lipinski definition) is 2. The molecule has 0 heterocycles. The van der Waals surface area contributed by atoms with Crippen molar-refractivity contribution in [3.63, 3.8) is 0 Å². The average molecular weight is 326 g/mol. The minimum atomic E-state index is 0.341. The molecule has 0 amide bonds. The summed E-state index contributed by atoms with van der Waals surface area (Å²) >= 11 is 0. The van der Waals surface area contributed by atoms with Gasteiger partial charge in [-0.1, -0.05) is 63.8 Å². The van der Waals surface area contributed by atoms with E-state index in [4.69, 9.17) is 0 Å². The van der Waals surface area contributed by atoms with E-state index in [0.29, 0.717) is 23.3 Å². The topological polar surface area (TPSA) is 40.5 Å². The Labute approximate surface area is 146 Å². The normalized spacial score (nSPS) is 13.6. The summed E-state index contributed by atoms with van der Waals surface area (Å²) in [7, 11) is 0. The van der Waals surface area contributed by atoms with Crippen molar-refractivity contribution in [1.29, 1.82) is 0 Å². The van der Waals surface area contributed by atoms with Crippen LogP contribution in [0, 0.1) is 0 Å². The molecule has 2 heteroatoms. The average Bonchev–Trinajstić information content (AvgIpc) is 2.58. The predicted molar refractivity (Wildman–Crippen MR) is 101 cm³/mol. The van der Waals surface area contributed by atoms with E-state index in [2.05, 4.69) is 13.8 Å². The van der Waals surface area contributed by atoms with Gasteiger partial charge in [0.05, 0.1) is 0 Å². The molecule has 0 spiro atoms. The SMILES string of the molecule is CC(CCCCCCC(C)c1ccc(O)cc1)c1ccc(O)cc1. The Bertz CT molecular complexity index is 531. The molecule has 2 nitrogen and oxygen atoms in total. The van der Waals surface area contributed by atoms with Crippen molar-refractivity contribution in [2.75, 3.05) is 0 Å². The van der Waals surface area contributed by atoms with E-state index < -0.39 is 0 Å². The summed E-state index contributed by atoms with van der Waals surface area (Å²) in [6.07, 6.45) is 7.50. The zero-order valence-electron chi connectivity index (χ0n) is 14.9. The summed E-state index contributed by atoms with van der Waals surface area (Å²) in [5.74, 6) is 1.80. The maximum absolute atomic E-state index is 9.34. The van der Waals surface area contributed by atoms with Crippen molar-refractivity contribution in [1.82, 2.24) is 0 Å². The largest absolute Gasteiger partial charge is 0.508 e. The molecule has 0 fully saturated rings. The van der Waals surface area contributed by atoms with E-state index in [1.54, 1.807) is 24.3 Å². The molecule has 2 unspecified atom stereocenters. The van der Waals surface area contributed by atoms with Crippen LogP contribution in [0.2, 0.25) is 0 Å². The van der Waals surface area contributed by atoms with Gasteiger partial charge in [0, 0.05) is 0 Å². The molecule has 130 valence electrons. The number of rotatable bonds is 9. The molecule has 0 aliphatic carbocycles. The van der Waals surface area contributed by atoms with Gasteiger partial charge in [-0.3, -0.25) is 0 Å². The summed E-state index contributed by atoms with van der Waals surface area (Å²) in [4.78, 5) is 0. The maximum atomic E-state index is 9.34. The zero-order chi connectivity index (χ0) is 17.4. The molecule has 0 saturated carbocycles. The van der Waals surface area contributed by atoms with Crippen LogP contribution in [0.1, 0.15) is 75.3 Å². The molecule has 2 N–H and O–H groups in total. The first-order valence-electron chi connectivity index (χ1n) is 9.14. The Morgan fingerprint density at radius 1 is 0.583 bits per heavy atom. The van der Waals surface area contributed by atoms with Crippen LogP contribution in [0.5, 0.6) is 11.5 Å². The fourth-order valence-electron chi connectivity index (χ4n) is 3.19. The molecular formula is C22H30O2. The second-order valence-corrected chi connectivity index (χ2v) is 6.98. The van der Waals surface area contributed by atoms with E-state index in [1.807, 2.05) is 24.3 Å². The molecule has 0 saturated heterocycles. The van der Waals surface area contributed by atoms with Crippen LogP contribution in [0.25, 0.3) is 0 Å². The van der Waals surface area contributed by atoms with Crippen molar-refractivity contribution in [3.8, 4) is 11.5 Å². The first-order valence-corrected chi connectivity index (χ1v) is 9.14. The highest BCUT2D eigenvalue weighted by Crippen LogP contribution is 2.26. The molecule has 0 radical (unpaired) electrons. The molecule has 24 heavy (non-hydrogen) atoms. The number of phenols is 2. The second-order valence-electron chi connectivity index (χ2n) is 6.98. The fourth-order valence-corrected chi connectivity index (χ4v) is 3.19. The third-order valence-electron chi connectivity index (χ3n) is 4.95. The van der Waals surface area contributed by atoms with Gasteiger partial charge in [0.1, 0.15) is 11.5 Å². The minimum absolute atomic E-state index is 0.341. The summed E-state index contributed by atoms with van der Waals surface area (Å²) in [5.41, 5.74) is 2.63. The predicted octanol–water partition coefficient (Wildman–Crippen LogP) is 6.35. The van der Waals surface area contributed by atoms with Crippen LogP contribution < -0.4 is 0 Å². The molecule has 0 aromatic heterocycles. The van der Waals surface area contributed by atoms with Crippen LogP contribution in [-0.4, -0.2) is 10.2 Å². The smallest absolute Gasteiger partial charge is 0.115 e. The number of unbranched alkanes of at least 4 members (excludes halogenated alkanes) is 3. The lowest BCUT2D eigenvalue weighted by Gasteiger charge is -2.13. The summed E-state index contributed by atoms with van der Waals surface area (Å²) in [6.45, 7) is 4.53. The first kappa shape index (κ1) is 18.4. The van der Waals surface area contributed by atoms with Gasteiger partial charge in [-0.05, 0) is 60.1 Å². The lowest BCUT2D eigenvalue weighted by atomic mass is 9.93. The molecule has 2 aromatic rings. The van der Waals surface area contributed by atoms with E-state index >= 15 is 0 Å². The van der Waals surface area contributed by atoms with Crippen LogP contribution >= 0.6 is 0 Å². The molecule has 2 atom stereocenters. The Morgan fingerprint density at radius 2 is 0.917 bits per heavy atom. The van der Waals surface area contributed by atoms with Crippen molar-refractivity contribution < 1.29 is 10.2 Å². The molecule has 0 bridgehead atoms. The lowest BCUT2D eigenvalue weighted by Crippen LogP contribution is -1.95. The Balaban J connectivity index is 1.59. The summed E-state index contributed by atoms with van der Waals surface area (Å²) in [6, 6.07) is 15.2. The van der Waals surface area contributed by atoms with Crippen molar-refractivity contribution >= 4 is 0 Å². The van der Waals surface area contributed by atoms with Gasteiger partial charge in [-0.2, -0.15) is 0 Å². The van der Waals surface area contributed by atoms with Crippen molar-refractivity contribution in [2.24, 2.45) is 0 Å². The summed E-state index contributed by atoms with van der Waals surface area (Å²) < 4.78 is 0. The summed E-state index contributed by atoms with van der Waals surface area (Å²) in [5, 5.41) is 18.7. The van der Waals surface area contributed by atoms with Crippen LogP contribution in [0.15, 0.2) is 48.5 Å². The Kier molecular flexibility index (Phi) is 7.17. The van der Waals surface area contributed by atoms with Crippen LogP contribution in [0.3, 0.4) is 0 Å². The number of aromatic hydroxyl groups is 2. The lowest BCUT2D eigenvalue weighted by molar-refractivity contribution is 0.473. The first-order chi connectivity index (χ1) is 11.6. The zero-order valence-corrected chi connectivity index (χ0v) is 14.9. The van der Waals surface area contributed by atoms with Gasteiger partial charge in [-0.25, -0.2) is 0 Å². The fraction of sp³-hybridized carbons (Fsp3) is 0.455. The highest BCUT2D eigenvalue weighted by molar-refractivity contribution is 5.28. The van der Waals surface area contributed by atoms with Crippen molar-refractivity contribution in [3.05, 3.63) is 59.7 Å². The van der Waals surface area contributed by atoms with Crippen LogP contribution in [-0.2, 0) is 0 Å². The highest BCUT2D eigenvalue weighted by Gasteiger charge is 2.07. The molecule has 0 aliphatic heterocycles. The monoisotopic (exact) mass is 326 g/mol. The number of hydrogen-bond donors (Lipinski definition) is 2. The Morgan fingerprint density at radius 3 is 1.25 bits per heavy atom. The van der Waals surface area contributed by atoms with Crippen LogP contribution in [0.4, 0.5) is 0 Å². The van der Waals surface area contributed by atoms with Gasteiger partial charge >= 0.3 is 0 Å². The number of phenolic OH excluding ortho intramolecular Hbond substituents is 2. The third kappa shape index (κ3) is 5.92. The van der Waals surface area contributed by atoms with Gasteiger partial charge < -0.3 is 10.2 Å². The van der Waals surface area contributed by atoms with E-state index in [0.717, 1.165) is 0 Å². The molecule has 2 rings (SSSR count). The van der Waals surface area contributed by atoms with Gasteiger partial charge in [0.15, 0.2) is 0 Å². The molecule has 0 aliphatic rings. The van der Waals surface area contributed by atoms with E-state index in [-0.39, 0.29) is 0 Å². The third-order valence-corrected chi connectivity index (χ3v) is 4.95. The maximum Gasteiger partial charge on any atom is 0.115 e. The standard InChI is InChI=1S/C22H30O2/c1-17(19-9-13-21(23)14-10-19)7-5-3-4-6-8-18(2)20-11-15-22(24)16-12-20/h9-18,23-24H,3-8H2,1-2H3. The highest BCUT2D eigenvalue weighted by atomic mass is 16.3. The molecular weight excluding hydrogens is 296 g/mol. The Hall–Kier alpha value is -1.96.